The first-order valence-corrected chi connectivity index (χ1v) is 7.92. The van der Waals surface area contributed by atoms with Crippen LogP contribution < -0.4 is 14.8 Å². The third-order valence-electron chi connectivity index (χ3n) is 4.19. The molecule has 6 heteroatoms. The topological polar surface area (TPSA) is 50.8 Å². The van der Waals surface area contributed by atoms with Crippen LogP contribution in [0.1, 0.15) is 19.3 Å². The van der Waals surface area contributed by atoms with Crippen molar-refractivity contribution >= 4 is 18.3 Å². The lowest BCUT2D eigenvalue weighted by atomic mass is 9.93. The first-order valence-electron chi connectivity index (χ1n) is 7.92. The number of benzene rings is 1. The molecule has 5 nitrogen and oxygen atoms in total. The van der Waals surface area contributed by atoms with E-state index < -0.39 is 0 Å². The smallest absolute Gasteiger partial charge is 0.260 e. The number of carbonyl (C=O) groups excluding carboxylic acids is 1. The number of rotatable bonds is 7. The summed E-state index contributed by atoms with van der Waals surface area (Å²) in [5, 5.41) is 3.19. The molecule has 1 saturated heterocycles. The van der Waals surface area contributed by atoms with E-state index in [1.54, 1.807) is 7.11 Å². The molecule has 0 radical (unpaired) electrons. The number of hydrogen-bond donors (Lipinski definition) is 1. The number of methoxy groups -OCH3 is 1. The maximum Gasteiger partial charge on any atom is 0.260 e. The Morgan fingerprint density at radius 2 is 1.83 bits per heavy atom. The summed E-state index contributed by atoms with van der Waals surface area (Å²) >= 11 is 0. The summed E-state index contributed by atoms with van der Waals surface area (Å²) in [6.45, 7) is 2.85. The van der Waals surface area contributed by atoms with Crippen molar-refractivity contribution in [3.8, 4) is 11.5 Å². The SMILES string of the molecule is CNCCC1CCN(C(=O)COc2ccc(OC)cc2)CC1.Cl. The van der Waals surface area contributed by atoms with Gasteiger partial charge < -0.3 is 19.7 Å². The van der Waals surface area contributed by atoms with E-state index in [0.29, 0.717) is 5.75 Å². The molecule has 1 aromatic carbocycles. The second-order valence-corrected chi connectivity index (χ2v) is 5.68. The Labute approximate surface area is 144 Å². The molecule has 0 bridgehead atoms. The summed E-state index contributed by atoms with van der Waals surface area (Å²) in [6, 6.07) is 7.28. The zero-order valence-corrected chi connectivity index (χ0v) is 14.7. The van der Waals surface area contributed by atoms with Crippen LogP contribution in [-0.4, -0.2) is 51.2 Å². The third kappa shape index (κ3) is 6.28. The van der Waals surface area contributed by atoms with Crippen LogP contribution in [0.5, 0.6) is 11.5 Å². The number of ether oxygens (including phenoxy) is 2. The molecule has 0 atom stereocenters. The second-order valence-electron chi connectivity index (χ2n) is 5.68. The molecule has 0 spiro atoms. The number of nitrogens with one attached hydrogen (secondary N) is 1. The number of amides is 1. The van der Waals surface area contributed by atoms with E-state index >= 15 is 0 Å². The predicted molar refractivity (Wildman–Crippen MR) is 93.6 cm³/mol. The van der Waals surface area contributed by atoms with E-state index in [4.69, 9.17) is 9.47 Å². The minimum absolute atomic E-state index is 0. The molecule has 1 heterocycles. The van der Waals surface area contributed by atoms with Crippen molar-refractivity contribution < 1.29 is 14.3 Å². The van der Waals surface area contributed by atoms with Crippen molar-refractivity contribution in [3.63, 3.8) is 0 Å². The van der Waals surface area contributed by atoms with Gasteiger partial charge in [-0.3, -0.25) is 4.79 Å². The molecule has 0 aliphatic carbocycles. The fourth-order valence-electron chi connectivity index (χ4n) is 2.73. The van der Waals surface area contributed by atoms with Crippen LogP contribution in [0.4, 0.5) is 0 Å². The molecule has 1 fully saturated rings. The van der Waals surface area contributed by atoms with Crippen molar-refractivity contribution in [1.82, 2.24) is 10.2 Å². The van der Waals surface area contributed by atoms with Gasteiger partial charge in [0.15, 0.2) is 6.61 Å². The lowest BCUT2D eigenvalue weighted by molar-refractivity contribution is -0.134. The zero-order valence-electron chi connectivity index (χ0n) is 13.9. The van der Waals surface area contributed by atoms with Gasteiger partial charge in [0.05, 0.1) is 7.11 Å². The number of piperidine rings is 1. The molecular weight excluding hydrogens is 316 g/mol. The number of hydrogen-bond acceptors (Lipinski definition) is 4. The van der Waals surface area contributed by atoms with E-state index in [9.17, 15) is 4.79 Å². The van der Waals surface area contributed by atoms with Crippen LogP contribution in [0.25, 0.3) is 0 Å². The first-order chi connectivity index (χ1) is 10.7. The molecule has 1 aliphatic rings. The fraction of sp³-hybridized carbons (Fsp3) is 0.588. The quantitative estimate of drug-likeness (QED) is 0.826. The van der Waals surface area contributed by atoms with Crippen molar-refractivity contribution in [2.75, 3.05) is 40.4 Å². The monoisotopic (exact) mass is 342 g/mol. The van der Waals surface area contributed by atoms with Crippen molar-refractivity contribution in [2.45, 2.75) is 19.3 Å². The molecule has 0 saturated carbocycles. The first kappa shape index (κ1) is 19.6. The summed E-state index contributed by atoms with van der Waals surface area (Å²) in [7, 11) is 3.61. The van der Waals surface area contributed by atoms with Crippen LogP contribution in [-0.2, 0) is 4.79 Å². The van der Waals surface area contributed by atoms with Gasteiger partial charge in [0, 0.05) is 13.1 Å². The van der Waals surface area contributed by atoms with E-state index in [-0.39, 0.29) is 24.9 Å². The summed E-state index contributed by atoms with van der Waals surface area (Å²) in [5.74, 6) is 2.28. The van der Waals surface area contributed by atoms with Crippen molar-refractivity contribution in [2.24, 2.45) is 5.92 Å². The number of likely N-dealkylation sites (tertiary alicyclic amines) is 1. The Bertz CT molecular complexity index is 459. The number of nitrogens with zero attached hydrogens (tertiary/aromatic N) is 1. The van der Waals surface area contributed by atoms with Crippen LogP contribution in [0, 0.1) is 5.92 Å². The van der Waals surface area contributed by atoms with Crippen LogP contribution in [0.15, 0.2) is 24.3 Å². The number of carbonyl (C=O) groups is 1. The molecule has 0 unspecified atom stereocenters. The molecule has 0 aromatic heterocycles. The fourth-order valence-corrected chi connectivity index (χ4v) is 2.73. The Morgan fingerprint density at radius 1 is 1.22 bits per heavy atom. The van der Waals surface area contributed by atoms with Gasteiger partial charge >= 0.3 is 0 Å². The molecule has 23 heavy (non-hydrogen) atoms. The molecule has 130 valence electrons. The molecule has 1 amide bonds. The van der Waals surface area contributed by atoms with Gasteiger partial charge in [-0.15, -0.1) is 12.4 Å². The summed E-state index contributed by atoms with van der Waals surface area (Å²) in [6.07, 6.45) is 3.38. The van der Waals surface area contributed by atoms with Gasteiger partial charge in [0.25, 0.3) is 5.91 Å². The van der Waals surface area contributed by atoms with Gasteiger partial charge in [-0.25, -0.2) is 0 Å². The van der Waals surface area contributed by atoms with E-state index in [1.165, 1.54) is 6.42 Å². The second kappa shape index (κ2) is 10.3. The van der Waals surface area contributed by atoms with Crippen LogP contribution >= 0.6 is 12.4 Å². The predicted octanol–water partition coefficient (Wildman–Crippen LogP) is 2.34. The normalized spacial score (nSPS) is 15.0. The third-order valence-corrected chi connectivity index (χ3v) is 4.19. The summed E-state index contributed by atoms with van der Waals surface area (Å²) in [5.41, 5.74) is 0. The van der Waals surface area contributed by atoms with Gasteiger partial charge in [0.1, 0.15) is 11.5 Å². The highest BCUT2D eigenvalue weighted by Gasteiger charge is 2.22. The van der Waals surface area contributed by atoms with Crippen molar-refractivity contribution in [1.29, 1.82) is 0 Å². The standard InChI is InChI=1S/C17H26N2O3.ClH/c1-18-10-7-14-8-11-19(12-9-14)17(20)13-22-16-5-3-15(21-2)4-6-16;/h3-6,14,18H,7-13H2,1-2H3;1H. The minimum atomic E-state index is 0. The molecule has 1 N–H and O–H groups in total. The Kier molecular flexibility index (Phi) is 8.81. The lowest BCUT2D eigenvalue weighted by Gasteiger charge is -2.32. The molecule has 2 rings (SSSR count). The summed E-state index contributed by atoms with van der Waals surface area (Å²) in [4.78, 5) is 14.1. The van der Waals surface area contributed by atoms with Gasteiger partial charge in [-0.2, -0.15) is 0 Å². The van der Waals surface area contributed by atoms with Crippen molar-refractivity contribution in [3.05, 3.63) is 24.3 Å². The van der Waals surface area contributed by atoms with Crippen LogP contribution in [0.2, 0.25) is 0 Å². The molecule has 1 aliphatic heterocycles. The maximum atomic E-state index is 12.2. The highest BCUT2D eigenvalue weighted by molar-refractivity contribution is 5.85. The zero-order chi connectivity index (χ0) is 15.8. The van der Waals surface area contributed by atoms with Gasteiger partial charge in [-0.1, -0.05) is 0 Å². The average molecular weight is 343 g/mol. The highest BCUT2D eigenvalue weighted by atomic mass is 35.5. The Balaban J connectivity index is 0.00000264. The Hall–Kier alpha value is -1.46. The molecule has 1 aromatic rings. The minimum Gasteiger partial charge on any atom is -0.497 e. The Morgan fingerprint density at radius 3 is 2.39 bits per heavy atom. The van der Waals surface area contributed by atoms with Gasteiger partial charge in [-0.05, 0) is 63.0 Å². The largest absolute Gasteiger partial charge is 0.497 e. The maximum absolute atomic E-state index is 12.2. The lowest BCUT2D eigenvalue weighted by Crippen LogP contribution is -2.41. The average Bonchev–Trinajstić information content (AvgIpc) is 2.58. The van der Waals surface area contributed by atoms with E-state index in [2.05, 4.69) is 5.32 Å². The van der Waals surface area contributed by atoms with E-state index in [0.717, 1.165) is 44.1 Å². The summed E-state index contributed by atoms with van der Waals surface area (Å²) < 4.78 is 10.6. The van der Waals surface area contributed by atoms with E-state index in [1.807, 2.05) is 36.2 Å². The highest BCUT2D eigenvalue weighted by Crippen LogP contribution is 2.21. The van der Waals surface area contributed by atoms with Crippen LogP contribution in [0.3, 0.4) is 0 Å². The number of halogens is 1. The van der Waals surface area contributed by atoms with Gasteiger partial charge in [0.2, 0.25) is 0 Å². The molecular formula is C17H27ClN2O3.